The van der Waals surface area contributed by atoms with E-state index in [0.717, 1.165) is 10.8 Å². The highest BCUT2D eigenvalue weighted by Gasteiger charge is 2.07. The zero-order chi connectivity index (χ0) is 14.5. The van der Waals surface area contributed by atoms with Crippen LogP contribution in [0.5, 0.6) is 0 Å². The van der Waals surface area contributed by atoms with E-state index < -0.39 is 0 Å². The summed E-state index contributed by atoms with van der Waals surface area (Å²) in [5.74, 6) is -0.559. The van der Waals surface area contributed by atoms with E-state index in [9.17, 15) is 9.59 Å². The van der Waals surface area contributed by atoms with Crippen LogP contribution in [0.25, 0.3) is 10.8 Å². The Morgan fingerprint density at radius 2 is 1.20 bits per heavy atom. The second-order valence-electron chi connectivity index (χ2n) is 4.09. The van der Waals surface area contributed by atoms with E-state index in [-0.39, 0.29) is 11.8 Å². The summed E-state index contributed by atoms with van der Waals surface area (Å²) >= 11 is 0. The highest BCUT2D eigenvalue weighted by Crippen LogP contribution is 2.29. The molecule has 0 atom stereocenters. The van der Waals surface area contributed by atoms with Crippen LogP contribution in [-0.2, 0) is 9.59 Å². The van der Waals surface area contributed by atoms with Gasteiger partial charge in [0.1, 0.15) is 0 Å². The van der Waals surface area contributed by atoms with Gasteiger partial charge in [0.2, 0.25) is 11.8 Å². The molecule has 0 fully saturated rings. The minimum Gasteiger partial charge on any atom is -0.322 e. The maximum absolute atomic E-state index is 11.4. The lowest BCUT2D eigenvalue weighted by molar-refractivity contribution is -0.112. The monoisotopic (exact) mass is 266 g/mol. The Balaban J connectivity index is 2.51. The van der Waals surface area contributed by atoms with Crippen LogP contribution in [0.1, 0.15) is 0 Å². The van der Waals surface area contributed by atoms with Crippen LogP contribution < -0.4 is 10.6 Å². The van der Waals surface area contributed by atoms with Crippen molar-refractivity contribution in [2.24, 2.45) is 0 Å². The molecule has 0 bridgehead atoms. The largest absolute Gasteiger partial charge is 0.322 e. The first-order valence-corrected chi connectivity index (χ1v) is 6.04. The lowest BCUT2D eigenvalue weighted by atomic mass is 10.1. The molecule has 100 valence electrons. The number of carbonyl (C=O) groups is 2. The van der Waals surface area contributed by atoms with Crippen molar-refractivity contribution in [2.75, 3.05) is 10.6 Å². The average molecular weight is 266 g/mol. The number of rotatable bonds is 4. The molecule has 0 unspecified atom stereocenters. The molecule has 0 aliphatic carbocycles. The van der Waals surface area contributed by atoms with E-state index >= 15 is 0 Å². The van der Waals surface area contributed by atoms with E-state index in [1.807, 2.05) is 24.3 Å². The highest BCUT2D eigenvalue weighted by molar-refractivity contribution is 6.11. The maximum atomic E-state index is 11.4. The molecule has 4 nitrogen and oxygen atoms in total. The molecule has 0 spiro atoms. The quantitative estimate of drug-likeness (QED) is 0.835. The van der Waals surface area contributed by atoms with Crippen LogP contribution in [0.4, 0.5) is 11.4 Å². The Kier molecular flexibility index (Phi) is 3.96. The van der Waals surface area contributed by atoms with Crippen molar-refractivity contribution >= 4 is 34.0 Å². The van der Waals surface area contributed by atoms with E-state index in [4.69, 9.17) is 0 Å². The van der Waals surface area contributed by atoms with E-state index in [0.29, 0.717) is 11.4 Å². The molecule has 0 heterocycles. The van der Waals surface area contributed by atoms with Crippen molar-refractivity contribution < 1.29 is 9.59 Å². The summed E-state index contributed by atoms with van der Waals surface area (Å²) < 4.78 is 0. The SMILES string of the molecule is C=CC(=O)Nc1cccc2c(NC(=O)C=C)cccc12. The van der Waals surface area contributed by atoms with Crippen LogP contribution in [0, 0.1) is 0 Å². The van der Waals surface area contributed by atoms with Crippen LogP contribution in [0.2, 0.25) is 0 Å². The molecule has 0 radical (unpaired) electrons. The summed E-state index contributed by atoms with van der Waals surface area (Å²) in [6, 6.07) is 11.0. The van der Waals surface area contributed by atoms with Gasteiger partial charge in [0.25, 0.3) is 0 Å². The number of nitrogens with one attached hydrogen (secondary N) is 2. The Hall–Kier alpha value is -2.88. The third-order valence-electron chi connectivity index (χ3n) is 2.81. The first kappa shape index (κ1) is 13.5. The molecule has 2 amide bonds. The fourth-order valence-electron chi connectivity index (χ4n) is 1.90. The Morgan fingerprint density at radius 1 is 0.800 bits per heavy atom. The normalized spacial score (nSPS) is 9.80. The smallest absolute Gasteiger partial charge is 0.247 e. The third kappa shape index (κ3) is 2.75. The zero-order valence-corrected chi connectivity index (χ0v) is 10.8. The molecule has 0 saturated heterocycles. The predicted molar refractivity (Wildman–Crippen MR) is 81.6 cm³/mol. The van der Waals surface area contributed by atoms with Gasteiger partial charge in [-0.25, -0.2) is 0 Å². The lowest BCUT2D eigenvalue weighted by Crippen LogP contribution is -2.09. The number of fused-ring (bicyclic) bond motifs is 1. The average Bonchev–Trinajstić information content (AvgIpc) is 2.47. The van der Waals surface area contributed by atoms with Gasteiger partial charge in [-0.1, -0.05) is 37.4 Å². The Morgan fingerprint density at radius 3 is 1.55 bits per heavy atom. The fraction of sp³-hybridized carbons (Fsp3) is 0. The number of amides is 2. The van der Waals surface area contributed by atoms with Crippen molar-refractivity contribution in [3.8, 4) is 0 Å². The van der Waals surface area contributed by atoms with Gasteiger partial charge in [-0.15, -0.1) is 0 Å². The van der Waals surface area contributed by atoms with Gasteiger partial charge in [-0.05, 0) is 24.3 Å². The number of benzene rings is 2. The standard InChI is InChI=1S/C16H14N2O2/c1-3-15(19)17-13-9-5-8-12-11(13)7-6-10-14(12)18-16(20)4-2/h3-10H,1-2H2,(H,17,19)(H,18,20). The molecule has 0 saturated carbocycles. The van der Waals surface area contributed by atoms with E-state index in [1.165, 1.54) is 12.2 Å². The summed E-state index contributed by atoms with van der Waals surface area (Å²) in [4.78, 5) is 22.8. The Labute approximate surface area is 116 Å². The molecule has 2 aromatic carbocycles. The molecule has 0 aromatic heterocycles. The fourth-order valence-corrected chi connectivity index (χ4v) is 1.90. The summed E-state index contributed by atoms with van der Waals surface area (Å²) in [5, 5.41) is 7.15. The number of carbonyl (C=O) groups excluding carboxylic acids is 2. The van der Waals surface area contributed by atoms with Crippen molar-refractivity contribution in [3.05, 3.63) is 61.7 Å². The van der Waals surface area contributed by atoms with Crippen molar-refractivity contribution in [3.63, 3.8) is 0 Å². The molecular formula is C16H14N2O2. The molecule has 20 heavy (non-hydrogen) atoms. The summed E-state index contributed by atoms with van der Waals surface area (Å²) in [5.41, 5.74) is 1.34. The van der Waals surface area contributed by atoms with Gasteiger partial charge in [0.15, 0.2) is 0 Å². The zero-order valence-electron chi connectivity index (χ0n) is 10.8. The molecule has 2 aromatic rings. The number of hydrogen-bond donors (Lipinski definition) is 2. The summed E-state index contributed by atoms with van der Waals surface area (Å²) in [7, 11) is 0. The summed E-state index contributed by atoms with van der Waals surface area (Å²) in [6.45, 7) is 6.85. The molecule has 2 N–H and O–H groups in total. The maximum Gasteiger partial charge on any atom is 0.247 e. The molecule has 4 heteroatoms. The lowest BCUT2D eigenvalue weighted by Gasteiger charge is -2.11. The van der Waals surface area contributed by atoms with Gasteiger partial charge in [-0.3, -0.25) is 9.59 Å². The molecule has 2 rings (SSSR count). The Bertz CT molecular complexity index is 643. The second kappa shape index (κ2) is 5.84. The first-order valence-electron chi connectivity index (χ1n) is 6.04. The van der Waals surface area contributed by atoms with Gasteiger partial charge >= 0.3 is 0 Å². The van der Waals surface area contributed by atoms with Crippen molar-refractivity contribution in [2.45, 2.75) is 0 Å². The highest BCUT2D eigenvalue weighted by atomic mass is 16.2. The van der Waals surface area contributed by atoms with Crippen molar-refractivity contribution in [1.82, 2.24) is 0 Å². The van der Waals surface area contributed by atoms with Crippen LogP contribution in [0.3, 0.4) is 0 Å². The topological polar surface area (TPSA) is 58.2 Å². The first-order chi connectivity index (χ1) is 9.65. The van der Waals surface area contributed by atoms with Gasteiger partial charge in [0, 0.05) is 22.1 Å². The summed E-state index contributed by atoms with van der Waals surface area (Å²) in [6.07, 6.45) is 2.42. The van der Waals surface area contributed by atoms with Crippen LogP contribution in [-0.4, -0.2) is 11.8 Å². The molecule has 0 aliphatic heterocycles. The second-order valence-corrected chi connectivity index (χ2v) is 4.09. The van der Waals surface area contributed by atoms with Crippen LogP contribution >= 0.6 is 0 Å². The molecular weight excluding hydrogens is 252 g/mol. The third-order valence-corrected chi connectivity index (χ3v) is 2.81. The number of anilines is 2. The minimum absolute atomic E-state index is 0.280. The van der Waals surface area contributed by atoms with Gasteiger partial charge in [0.05, 0.1) is 0 Å². The molecule has 0 aliphatic rings. The van der Waals surface area contributed by atoms with Crippen molar-refractivity contribution in [1.29, 1.82) is 0 Å². The number of hydrogen-bond acceptors (Lipinski definition) is 2. The van der Waals surface area contributed by atoms with E-state index in [1.54, 1.807) is 12.1 Å². The van der Waals surface area contributed by atoms with Gasteiger partial charge < -0.3 is 10.6 Å². The van der Waals surface area contributed by atoms with Gasteiger partial charge in [-0.2, -0.15) is 0 Å². The van der Waals surface area contributed by atoms with Crippen LogP contribution in [0.15, 0.2) is 61.7 Å². The minimum atomic E-state index is -0.280. The predicted octanol–water partition coefficient (Wildman–Crippen LogP) is 3.09. The van der Waals surface area contributed by atoms with E-state index in [2.05, 4.69) is 23.8 Å².